The molecule has 100 valence electrons. The molecule has 0 unspecified atom stereocenters. The molecule has 0 amide bonds. The van der Waals surface area contributed by atoms with Gasteiger partial charge in [0.2, 0.25) is 0 Å². The molecule has 0 aliphatic heterocycles. The number of ether oxygens (including phenoxy) is 1. The van der Waals surface area contributed by atoms with E-state index in [0.717, 1.165) is 17.1 Å². The normalized spacial score (nSPS) is 11.1. The minimum absolute atomic E-state index is 0.834. The van der Waals surface area contributed by atoms with Crippen molar-refractivity contribution in [2.45, 2.75) is 0 Å². The topological polar surface area (TPSA) is 57.2 Å². The molecule has 3 rings (SSSR count). The lowest BCUT2D eigenvalue weighted by Gasteiger charge is -2.07. The van der Waals surface area contributed by atoms with E-state index in [9.17, 15) is 0 Å². The molecular formula is C14H13N5O. The van der Waals surface area contributed by atoms with E-state index in [0.29, 0.717) is 0 Å². The smallest absolute Gasteiger partial charge is 0.141 e. The summed E-state index contributed by atoms with van der Waals surface area (Å²) in [6, 6.07) is 11.8. The Morgan fingerprint density at radius 1 is 1.10 bits per heavy atom. The average molecular weight is 267 g/mol. The lowest BCUT2D eigenvalue weighted by molar-refractivity contribution is 0.415. The molecule has 0 aliphatic rings. The largest absolute Gasteiger partial charge is 0.497 e. The lowest BCUT2D eigenvalue weighted by atomic mass is 10.3. The number of methoxy groups -OCH3 is 1. The van der Waals surface area contributed by atoms with Gasteiger partial charge in [-0.25, -0.2) is 4.68 Å². The van der Waals surface area contributed by atoms with Gasteiger partial charge in [-0.15, -0.1) is 10.2 Å². The number of benzene rings is 1. The van der Waals surface area contributed by atoms with Crippen LogP contribution in [0.25, 0.3) is 5.69 Å². The maximum absolute atomic E-state index is 5.16. The van der Waals surface area contributed by atoms with Crippen LogP contribution in [0.2, 0.25) is 0 Å². The molecule has 0 spiro atoms. The van der Waals surface area contributed by atoms with E-state index in [1.165, 1.54) is 12.7 Å². The van der Waals surface area contributed by atoms with Crippen molar-refractivity contribution in [2.75, 3.05) is 7.11 Å². The second kappa shape index (κ2) is 5.40. The molecule has 0 aliphatic carbocycles. The minimum Gasteiger partial charge on any atom is -0.497 e. The van der Waals surface area contributed by atoms with Crippen LogP contribution in [0.5, 0.6) is 5.75 Å². The Balaban J connectivity index is 1.89. The third-order valence-corrected chi connectivity index (χ3v) is 2.86. The average Bonchev–Trinajstić information content (AvgIpc) is 3.16. The maximum Gasteiger partial charge on any atom is 0.141 e. The molecule has 2 aromatic heterocycles. The quantitative estimate of drug-likeness (QED) is 0.679. The molecule has 0 radical (unpaired) electrons. The summed E-state index contributed by atoms with van der Waals surface area (Å²) < 4.78 is 8.74. The minimum atomic E-state index is 0.834. The first-order valence-electron chi connectivity index (χ1n) is 6.07. The Morgan fingerprint density at radius 3 is 2.55 bits per heavy atom. The number of hydrogen-bond donors (Lipinski definition) is 0. The highest BCUT2D eigenvalue weighted by atomic mass is 16.5. The number of nitrogens with zero attached hydrogens (tertiary/aromatic N) is 5. The van der Waals surface area contributed by atoms with Gasteiger partial charge < -0.3 is 9.30 Å². The van der Waals surface area contributed by atoms with Gasteiger partial charge in [0.1, 0.15) is 18.4 Å². The number of hydrogen-bond acceptors (Lipinski definition) is 4. The first kappa shape index (κ1) is 12.2. The van der Waals surface area contributed by atoms with E-state index in [2.05, 4.69) is 15.3 Å². The second-order valence-corrected chi connectivity index (χ2v) is 4.09. The number of rotatable bonds is 4. The molecule has 6 heteroatoms. The van der Waals surface area contributed by atoms with Crippen LogP contribution >= 0.6 is 0 Å². The second-order valence-electron chi connectivity index (χ2n) is 4.09. The van der Waals surface area contributed by atoms with Crippen LogP contribution in [0, 0.1) is 0 Å². The maximum atomic E-state index is 5.16. The van der Waals surface area contributed by atoms with Crippen molar-refractivity contribution in [1.82, 2.24) is 19.4 Å². The van der Waals surface area contributed by atoms with Crippen molar-refractivity contribution in [1.29, 1.82) is 0 Å². The van der Waals surface area contributed by atoms with Gasteiger partial charge in [-0.05, 0) is 36.4 Å². The highest BCUT2D eigenvalue weighted by Gasteiger charge is 2.01. The molecule has 2 heterocycles. The Kier molecular flexibility index (Phi) is 3.28. The van der Waals surface area contributed by atoms with E-state index in [4.69, 9.17) is 4.74 Å². The molecule has 3 aromatic rings. The van der Waals surface area contributed by atoms with E-state index < -0.39 is 0 Å². The fraction of sp³-hybridized carbons (Fsp3) is 0.0714. The van der Waals surface area contributed by atoms with Crippen LogP contribution < -0.4 is 4.74 Å². The van der Waals surface area contributed by atoms with Gasteiger partial charge in [-0.3, -0.25) is 0 Å². The van der Waals surface area contributed by atoms with Crippen molar-refractivity contribution in [3.05, 3.63) is 60.9 Å². The summed E-state index contributed by atoms with van der Waals surface area (Å²) in [5.74, 6) is 0.834. The lowest BCUT2D eigenvalue weighted by Crippen LogP contribution is -1.99. The molecule has 0 N–H and O–H groups in total. The molecule has 20 heavy (non-hydrogen) atoms. The van der Waals surface area contributed by atoms with E-state index in [1.54, 1.807) is 18.0 Å². The summed E-state index contributed by atoms with van der Waals surface area (Å²) >= 11 is 0. The first-order chi connectivity index (χ1) is 9.86. The predicted octanol–water partition coefficient (Wildman–Crippen LogP) is 1.96. The number of aromatic nitrogens is 4. The highest BCUT2D eigenvalue weighted by molar-refractivity contribution is 5.78. The van der Waals surface area contributed by atoms with Crippen LogP contribution in [0.1, 0.15) is 5.69 Å². The fourth-order valence-electron chi connectivity index (χ4n) is 1.86. The molecule has 0 saturated carbocycles. The Bertz CT molecular complexity index is 698. The Morgan fingerprint density at radius 2 is 1.85 bits per heavy atom. The SMILES string of the molecule is COc1ccc(-n2cccc2/C=N\n2cnnc2)cc1. The molecule has 0 atom stereocenters. The predicted molar refractivity (Wildman–Crippen MR) is 75.3 cm³/mol. The molecule has 0 fully saturated rings. The van der Waals surface area contributed by atoms with Crippen molar-refractivity contribution in [3.8, 4) is 11.4 Å². The summed E-state index contributed by atoms with van der Waals surface area (Å²) in [7, 11) is 1.65. The van der Waals surface area contributed by atoms with Gasteiger partial charge >= 0.3 is 0 Å². The Hall–Kier alpha value is -2.89. The molecule has 6 nitrogen and oxygen atoms in total. The van der Waals surface area contributed by atoms with Crippen LogP contribution in [0.15, 0.2) is 60.4 Å². The van der Waals surface area contributed by atoms with Gasteiger partial charge in [0.15, 0.2) is 0 Å². The zero-order valence-electron chi connectivity index (χ0n) is 10.9. The third-order valence-electron chi connectivity index (χ3n) is 2.86. The Labute approximate surface area is 116 Å². The van der Waals surface area contributed by atoms with E-state index >= 15 is 0 Å². The summed E-state index contributed by atoms with van der Waals surface area (Å²) in [6.45, 7) is 0. The zero-order valence-corrected chi connectivity index (χ0v) is 10.9. The van der Waals surface area contributed by atoms with E-state index in [1.807, 2.05) is 47.2 Å². The van der Waals surface area contributed by atoms with Crippen LogP contribution in [0.4, 0.5) is 0 Å². The van der Waals surface area contributed by atoms with Crippen molar-refractivity contribution in [2.24, 2.45) is 5.10 Å². The van der Waals surface area contributed by atoms with Crippen molar-refractivity contribution >= 4 is 6.21 Å². The molecular weight excluding hydrogens is 254 g/mol. The van der Waals surface area contributed by atoms with Gasteiger partial charge in [-0.1, -0.05) is 0 Å². The monoisotopic (exact) mass is 267 g/mol. The molecule has 0 saturated heterocycles. The zero-order chi connectivity index (χ0) is 13.8. The third kappa shape index (κ3) is 2.44. The molecule has 0 bridgehead atoms. The summed E-state index contributed by atoms with van der Waals surface area (Å²) in [4.78, 5) is 0. The fourth-order valence-corrected chi connectivity index (χ4v) is 1.86. The van der Waals surface area contributed by atoms with Crippen LogP contribution in [-0.2, 0) is 0 Å². The molecule has 1 aromatic carbocycles. The first-order valence-corrected chi connectivity index (χ1v) is 6.07. The van der Waals surface area contributed by atoms with Gasteiger partial charge in [0.25, 0.3) is 0 Å². The van der Waals surface area contributed by atoms with Gasteiger partial charge in [0, 0.05) is 11.9 Å². The van der Waals surface area contributed by atoms with Gasteiger partial charge in [0.05, 0.1) is 19.0 Å². The van der Waals surface area contributed by atoms with Crippen molar-refractivity contribution in [3.63, 3.8) is 0 Å². The standard InChI is InChI=1S/C14H13N5O/c1-20-14-6-4-12(5-7-14)19-8-2-3-13(19)9-17-18-10-15-16-11-18/h2-11H,1H3/b17-9-. The van der Waals surface area contributed by atoms with Crippen LogP contribution in [0.3, 0.4) is 0 Å². The van der Waals surface area contributed by atoms with E-state index in [-0.39, 0.29) is 0 Å². The van der Waals surface area contributed by atoms with Crippen LogP contribution in [-0.4, -0.2) is 32.8 Å². The van der Waals surface area contributed by atoms with Crippen molar-refractivity contribution < 1.29 is 4.74 Å². The van der Waals surface area contributed by atoms with Gasteiger partial charge in [-0.2, -0.15) is 5.10 Å². The highest BCUT2D eigenvalue weighted by Crippen LogP contribution is 2.16. The summed E-state index contributed by atoms with van der Waals surface area (Å²) in [5, 5.41) is 11.7. The summed E-state index contributed by atoms with van der Waals surface area (Å²) in [5.41, 5.74) is 2.00. The summed E-state index contributed by atoms with van der Waals surface area (Å²) in [6.07, 6.45) is 6.82.